The van der Waals surface area contributed by atoms with Crippen LogP contribution in [-0.2, 0) is 0 Å². The number of benzene rings is 1. The molecule has 0 aromatic heterocycles. The molecular formula is C8H7ClINO. The van der Waals surface area contributed by atoms with E-state index in [0.29, 0.717) is 10.6 Å². The summed E-state index contributed by atoms with van der Waals surface area (Å²) in [6.07, 6.45) is 0. The molecule has 2 N–H and O–H groups in total. The van der Waals surface area contributed by atoms with Gasteiger partial charge >= 0.3 is 0 Å². The molecule has 0 radical (unpaired) electrons. The van der Waals surface area contributed by atoms with Crippen molar-refractivity contribution in [2.24, 2.45) is 5.73 Å². The lowest BCUT2D eigenvalue weighted by Gasteiger charge is -2.03. The van der Waals surface area contributed by atoms with Gasteiger partial charge in [0.05, 0.1) is 5.56 Å². The second kappa shape index (κ2) is 3.62. The average Bonchev–Trinajstić information content (AvgIpc) is 1.96. The molecule has 0 saturated heterocycles. The van der Waals surface area contributed by atoms with Crippen molar-refractivity contribution in [1.82, 2.24) is 0 Å². The molecule has 0 saturated carbocycles. The van der Waals surface area contributed by atoms with Crippen LogP contribution in [0.15, 0.2) is 12.1 Å². The van der Waals surface area contributed by atoms with Crippen LogP contribution in [0.1, 0.15) is 15.9 Å². The second-order valence-electron chi connectivity index (χ2n) is 2.45. The molecule has 2 nitrogen and oxygen atoms in total. The summed E-state index contributed by atoms with van der Waals surface area (Å²) in [5.74, 6) is -0.417. The highest BCUT2D eigenvalue weighted by Gasteiger charge is 2.07. The number of carbonyl (C=O) groups excluding carboxylic acids is 1. The summed E-state index contributed by atoms with van der Waals surface area (Å²) in [6, 6.07) is 3.43. The molecule has 0 spiro atoms. The van der Waals surface area contributed by atoms with Gasteiger partial charge in [0.1, 0.15) is 0 Å². The maximum Gasteiger partial charge on any atom is 0.249 e. The van der Waals surface area contributed by atoms with Gasteiger partial charge in [-0.05, 0) is 47.2 Å². The first kappa shape index (κ1) is 9.80. The highest BCUT2D eigenvalue weighted by molar-refractivity contribution is 14.1. The summed E-state index contributed by atoms with van der Waals surface area (Å²) in [7, 11) is 0. The number of rotatable bonds is 1. The number of carbonyl (C=O) groups is 1. The molecule has 0 aliphatic heterocycles. The normalized spacial score (nSPS) is 9.92. The van der Waals surface area contributed by atoms with E-state index in [1.165, 1.54) is 0 Å². The smallest absolute Gasteiger partial charge is 0.249 e. The molecule has 0 aliphatic rings. The van der Waals surface area contributed by atoms with Gasteiger partial charge in [0.15, 0.2) is 0 Å². The third-order valence-corrected chi connectivity index (χ3v) is 2.81. The van der Waals surface area contributed by atoms with Gasteiger partial charge in [-0.2, -0.15) is 0 Å². The lowest BCUT2D eigenvalue weighted by Crippen LogP contribution is -2.12. The third kappa shape index (κ3) is 1.90. The van der Waals surface area contributed by atoms with E-state index in [9.17, 15) is 4.79 Å². The molecule has 1 aromatic carbocycles. The Morgan fingerprint density at radius 1 is 1.58 bits per heavy atom. The molecule has 1 amide bonds. The van der Waals surface area contributed by atoms with Crippen molar-refractivity contribution in [2.45, 2.75) is 6.92 Å². The van der Waals surface area contributed by atoms with Crippen molar-refractivity contribution in [3.05, 3.63) is 31.9 Å². The summed E-state index contributed by atoms with van der Waals surface area (Å²) in [6.45, 7) is 1.84. The van der Waals surface area contributed by atoms with E-state index in [-0.39, 0.29) is 0 Å². The first-order valence-electron chi connectivity index (χ1n) is 3.28. The molecule has 1 rings (SSSR count). The van der Waals surface area contributed by atoms with Gasteiger partial charge in [0.2, 0.25) is 5.91 Å². The van der Waals surface area contributed by atoms with Crippen LogP contribution < -0.4 is 5.73 Å². The first-order chi connectivity index (χ1) is 5.52. The summed E-state index contributed by atoms with van der Waals surface area (Å²) in [4.78, 5) is 10.9. The molecule has 0 aliphatic carbocycles. The van der Waals surface area contributed by atoms with Crippen LogP contribution in [0.4, 0.5) is 0 Å². The Kier molecular flexibility index (Phi) is 2.95. The van der Waals surface area contributed by atoms with E-state index in [2.05, 4.69) is 0 Å². The molecule has 64 valence electrons. The molecule has 0 bridgehead atoms. The topological polar surface area (TPSA) is 43.1 Å². The molecule has 1 aromatic rings. The zero-order valence-electron chi connectivity index (χ0n) is 6.40. The minimum Gasteiger partial charge on any atom is -0.366 e. The second-order valence-corrected chi connectivity index (χ2v) is 4.01. The molecule has 0 fully saturated rings. The average molecular weight is 296 g/mol. The van der Waals surface area contributed by atoms with E-state index in [0.717, 1.165) is 9.13 Å². The highest BCUT2D eigenvalue weighted by Crippen LogP contribution is 2.21. The van der Waals surface area contributed by atoms with Crippen molar-refractivity contribution in [1.29, 1.82) is 0 Å². The minimum atomic E-state index is -0.417. The fraction of sp³-hybridized carbons (Fsp3) is 0.125. The molecular weight excluding hydrogens is 288 g/mol. The maximum atomic E-state index is 10.9. The number of hydrogen-bond acceptors (Lipinski definition) is 1. The zero-order chi connectivity index (χ0) is 9.30. The molecule has 0 atom stereocenters. The third-order valence-electron chi connectivity index (χ3n) is 1.51. The van der Waals surface area contributed by atoms with Gasteiger partial charge in [-0.1, -0.05) is 11.6 Å². The van der Waals surface area contributed by atoms with Crippen LogP contribution >= 0.6 is 34.2 Å². The summed E-state index contributed by atoms with van der Waals surface area (Å²) < 4.78 is 0.788. The van der Waals surface area contributed by atoms with Crippen molar-refractivity contribution in [3.63, 3.8) is 0 Å². The van der Waals surface area contributed by atoms with Crippen molar-refractivity contribution < 1.29 is 4.79 Å². The van der Waals surface area contributed by atoms with E-state index in [1.807, 2.05) is 29.5 Å². The Hall–Kier alpha value is -0.290. The minimum absolute atomic E-state index is 0.417. The summed E-state index contributed by atoms with van der Waals surface area (Å²) in [5, 5.41) is 0.657. The summed E-state index contributed by atoms with van der Waals surface area (Å²) >= 11 is 7.87. The van der Waals surface area contributed by atoms with Crippen LogP contribution in [0.2, 0.25) is 5.02 Å². The Balaban J connectivity index is 3.33. The van der Waals surface area contributed by atoms with Gasteiger partial charge in [-0.25, -0.2) is 0 Å². The lowest BCUT2D eigenvalue weighted by atomic mass is 10.1. The fourth-order valence-electron chi connectivity index (χ4n) is 0.846. The van der Waals surface area contributed by atoms with Crippen molar-refractivity contribution in [3.8, 4) is 0 Å². The number of halogens is 2. The van der Waals surface area contributed by atoms with E-state index in [1.54, 1.807) is 12.1 Å². The Morgan fingerprint density at radius 2 is 2.17 bits per heavy atom. The fourth-order valence-corrected chi connectivity index (χ4v) is 1.93. The number of aryl methyl sites for hydroxylation is 1. The van der Waals surface area contributed by atoms with E-state index >= 15 is 0 Å². The van der Waals surface area contributed by atoms with Gasteiger partial charge in [0, 0.05) is 8.59 Å². The van der Waals surface area contributed by atoms with E-state index in [4.69, 9.17) is 17.3 Å². The van der Waals surface area contributed by atoms with Crippen LogP contribution in [-0.4, -0.2) is 5.91 Å². The molecule has 12 heavy (non-hydrogen) atoms. The zero-order valence-corrected chi connectivity index (χ0v) is 9.31. The van der Waals surface area contributed by atoms with Crippen LogP contribution in [0.25, 0.3) is 0 Å². The van der Waals surface area contributed by atoms with Gasteiger partial charge in [-0.15, -0.1) is 0 Å². The standard InChI is InChI=1S/C8H7ClINO/c1-4-2-5(8(11)12)7(10)3-6(4)9/h2-3H,1H3,(H2,11,12). The largest absolute Gasteiger partial charge is 0.366 e. The Morgan fingerprint density at radius 3 is 2.67 bits per heavy atom. The van der Waals surface area contributed by atoms with E-state index < -0.39 is 5.91 Å². The monoisotopic (exact) mass is 295 g/mol. The molecule has 0 unspecified atom stereocenters. The summed E-state index contributed by atoms with van der Waals surface area (Å²) in [5.41, 5.74) is 6.54. The van der Waals surface area contributed by atoms with Gasteiger partial charge in [0.25, 0.3) is 0 Å². The van der Waals surface area contributed by atoms with Gasteiger partial charge < -0.3 is 5.73 Å². The molecule has 4 heteroatoms. The number of amides is 1. The van der Waals surface area contributed by atoms with Crippen LogP contribution in [0.3, 0.4) is 0 Å². The van der Waals surface area contributed by atoms with Crippen molar-refractivity contribution >= 4 is 40.1 Å². The number of nitrogens with two attached hydrogens (primary N) is 1. The predicted octanol–water partition coefficient (Wildman–Crippen LogP) is 2.35. The number of primary amides is 1. The lowest BCUT2D eigenvalue weighted by molar-refractivity contribution is 0.0999. The molecule has 0 heterocycles. The Bertz CT molecular complexity index is 338. The highest BCUT2D eigenvalue weighted by atomic mass is 127. The van der Waals surface area contributed by atoms with Crippen molar-refractivity contribution in [2.75, 3.05) is 0 Å². The Labute approximate surface area is 89.2 Å². The van der Waals surface area contributed by atoms with Crippen LogP contribution in [0, 0.1) is 10.5 Å². The van der Waals surface area contributed by atoms with Crippen LogP contribution in [0.5, 0.6) is 0 Å². The maximum absolute atomic E-state index is 10.9. The SMILES string of the molecule is Cc1cc(C(N)=O)c(I)cc1Cl. The van der Waals surface area contributed by atoms with Gasteiger partial charge in [-0.3, -0.25) is 4.79 Å². The number of hydrogen-bond donors (Lipinski definition) is 1. The quantitative estimate of drug-likeness (QED) is 0.794. The first-order valence-corrected chi connectivity index (χ1v) is 4.73. The predicted molar refractivity (Wildman–Crippen MR) is 57.4 cm³/mol.